The van der Waals surface area contributed by atoms with E-state index in [-0.39, 0.29) is 0 Å². The van der Waals surface area contributed by atoms with Gasteiger partial charge in [-0.3, -0.25) is 0 Å². The second-order valence-electron chi connectivity index (χ2n) is 3.24. The van der Waals surface area contributed by atoms with Gasteiger partial charge in [0.15, 0.2) is 0 Å². The van der Waals surface area contributed by atoms with E-state index in [1.54, 1.807) is 0 Å². The van der Waals surface area contributed by atoms with Gasteiger partial charge in [-0.1, -0.05) is 11.0 Å². The molecule has 0 aliphatic heterocycles. The molecule has 0 bridgehead atoms. The fraction of sp³-hybridized carbons (Fsp3) is 0.857. The van der Waals surface area contributed by atoms with Crippen LogP contribution in [0.1, 0.15) is 20.8 Å². The van der Waals surface area contributed by atoms with E-state index in [9.17, 15) is 4.79 Å². The molecule has 0 saturated carbocycles. The Morgan fingerprint density at radius 3 is 2.58 bits per heavy atom. The Bertz CT molecular complexity index is 147. The average Bonchev–Trinajstić information content (AvgIpc) is 1.84. The molecule has 0 rings (SSSR count). The lowest BCUT2D eigenvalue weighted by atomic mass is 10.2. The summed E-state index contributed by atoms with van der Waals surface area (Å²) in [6.07, 6.45) is -0.395. The highest BCUT2D eigenvalue weighted by atomic mass is 35.7. The summed E-state index contributed by atoms with van der Waals surface area (Å²) < 4.78 is 4.98. The summed E-state index contributed by atoms with van der Waals surface area (Å²) in [5, 5.41) is 2.57. The summed E-state index contributed by atoms with van der Waals surface area (Å²) in [6.45, 7) is 6.00. The lowest BCUT2D eigenvalue weighted by Gasteiger charge is -2.19. The Balaban J connectivity index is 3.47. The molecule has 3 nitrogen and oxygen atoms in total. The molecule has 0 atom stereocenters. The van der Waals surface area contributed by atoms with Crippen LogP contribution in [0, 0.1) is 0 Å². The van der Waals surface area contributed by atoms with Crippen molar-refractivity contribution in [2.75, 3.05) is 12.3 Å². The zero-order chi connectivity index (χ0) is 9.61. The smallest absolute Gasteiger partial charge is 0.407 e. The Morgan fingerprint density at radius 1 is 1.58 bits per heavy atom. The van der Waals surface area contributed by atoms with Crippen LogP contribution in [0.3, 0.4) is 0 Å². The van der Waals surface area contributed by atoms with Crippen molar-refractivity contribution in [3.63, 3.8) is 0 Å². The number of carbonyl (C=O) groups excluding carboxylic acids is 1. The van der Waals surface area contributed by atoms with Crippen LogP contribution in [0.4, 0.5) is 4.79 Å². The lowest BCUT2D eigenvalue weighted by Crippen LogP contribution is -2.33. The SMILES string of the molecule is CC(C)(C)OC(=O)NCCSCl. The highest BCUT2D eigenvalue weighted by molar-refractivity contribution is 8.21. The molecule has 0 fully saturated rings. The quantitative estimate of drug-likeness (QED) is 0.729. The molecular formula is C7H14ClNO2S. The maximum Gasteiger partial charge on any atom is 0.407 e. The summed E-state index contributed by atoms with van der Waals surface area (Å²) in [4.78, 5) is 10.9. The van der Waals surface area contributed by atoms with E-state index in [2.05, 4.69) is 5.32 Å². The number of nitrogens with one attached hydrogen (secondary N) is 1. The summed E-state index contributed by atoms with van der Waals surface area (Å²) in [6, 6.07) is 0. The molecule has 72 valence electrons. The van der Waals surface area contributed by atoms with Crippen LogP contribution in [0.15, 0.2) is 0 Å². The van der Waals surface area contributed by atoms with E-state index in [0.717, 1.165) is 11.0 Å². The van der Waals surface area contributed by atoms with Crippen molar-refractivity contribution in [2.24, 2.45) is 0 Å². The average molecular weight is 212 g/mol. The summed E-state index contributed by atoms with van der Waals surface area (Å²) in [5.74, 6) is 0.681. The molecule has 0 heterocycles. The first-order valence-corrected chi connectivity index (χ1v) is 5.47. The van der Waals surface area contributed by atoms with Crippen LogP contribution in [-0.4, -0.2) is 24.0 Å². The van der Waals surface area contributed by atoms with Gasteiger partial charge in [-0.05, 0) is 31.5 Å². The van der Waals surface area contributed by atoms with Crippen molar-refractivity contribution in [2.45, 2.75) is 26.4 Å². The molecule has 0 spiro atoms. The second-order valence-corrected chi connectivity index (χ2v) is 4.52. The largest absolute Gasteiger partial charge is 0.444 e. The highest BCUT2D eigenvalue weighted by Gasteiger charge is 2.15. The molecule has 0 aromatic carbocycles. The third-order valence-electron chi connectivity index (χ3n) is 0.847. The first-order chi connectivity index (χ1) is 5.45. The van der Waals surface area contributed by atoms with Gasteiger partial charge >= 0.3 is 6.09 Å². The highest BCUT2D eigenvalue weighted by Crippen LogP contribution is 2.07. The van der Waals surface area contributed by atoms with Gasteiger partial charge in [0.2, 0.25) is 0 Å². The van der Waals surface area contributed by atoms with Gasteiger partial charge in [0.1, 0.15) is 5.60 Å². The fourth-order valence-electron chi connectivity index (χ4n) is 0.506. The molecule has 0 aromatic heterocycles. The van der Waals surface area contributed by atoms with Gasteiger partial charge in [-0.15, -0.1) is 0 Å². The number of rotatable bonds is 3. The number of hydrogen-bond donors (Lipinski definition) is 1. The Morgan fingerprint density at radius 2 is 2.17 bits per heavy atom. The zero-order valence-corrected chi connectivity index (χ0v) is 9.09. The summed E-state index contributed by atoms with van der Waals surface area (Å²) >= 11 is 0. The standard InChI is InChI=1S/C7H14ClNO2S/c1-7(2,3)11-6(10)9-4-5-12-8/h4-5H2,1-3H3,(H,9,10). The molecule has 0 radical (unpaired) electrons. The van der Waals surface area contributed by atoms with Crippen molar-refractivity contribution in [3.8, 4) is 0 Å². The van der Waals surface area contributed by atoms with E-state index in [1.807, 2.05) is 20.8 Å². The van der Waals surface area contributed by atoms with Crippen LogP contribution < -0.4 is 5.32 Å². The number of halogens is 1. The molecule has 1 N–H and O–H groups in total. The molecule has 5 heteroatoms. The van der Waals surface area contributed by atoms with E-state index in [4.69, 9.17) is 15.4 Å². The fourth-order valence-corrected chi connectivity index (χ4v) is 0.917. The number of hydrogen-bond acceptors (Lipinski definition) is 3. The summed E-state index contributed by atoms with van der Waals surface area (Å²) in [7, 11) is 6.51. The number of alkyl carbamates (subject to hydrolysis) is 1. The zero-order valence-electron chi connectivity index (χ0n) is 7.52. The van der Waals surface area contributed by atoms with Gasteiger partial charge in [0.05, 0.1) is 0 Å². The first kappa shape index (κ1) is 11.9. The van der Waals surface area contributed by atoms with Gasteiger partial charge in [-0.2, -0.15) is 0 Å². The molecule has 0 aliphatic carbocycles. The van der Waals surface area contributed by atoms with Crippen molar-refractivity contribution < 1.29 is 9.53 Å². The van der Waals surface area contributed by atoms with Gasteiger partial charge in [0, 0.05) is 12.3 Å². The third-order valence-corrected chi connectivity index (χ3v) is 1.67. The molecule has 0 unspecified atom stereocenters. The predicted molar refractivity (Wildman–Crippen MR) is 52.5 cm³/mol. The minimum absolute atomic E-state index is 0.395. The lowest BCUT2D eigenvalue weighted by molar-refractivity contribution is 0.0531. The van der Waals surface area contributed by atoms with Gasteiger partial charge in [0.25, 0.3) is 0 Å². The van der Waals surface area contributed by atoms with Crippen LogP contribution in [0.5, 0.6) is 0 Å². The van der Waals surface area contributed by atoms with E-state index in [1.165, 1.54) is 0 Å². The van der Waals surface area contributed by atoms with Crippen LogP contribution >= 0.6 is 21.7 Å². The minimum Gasteiger partial charge on any atom is -0.444 e. The topological polar surface area (TPSA) is 38.3 Å². The third kappa shape index (κ3) is 8.01. The van der Waals surface area contributed by atoms with Crippen molar-refractivity contribution in [1.82, 2.24) is 5.32 Å². The monoisotopic (exact) mass is 211 g/mol. The number of ether oxygens (including phenoxy) is 1. The number of amides is 1. The minimum atomic E-state index is -0.432. The second kappa shape index (κ2) is 5.54. The normalized spacial score (nSPS) is 11.0. The van der Waals surface area contributed by atoms with Crippen LogP contribution in [0.2, 0.25) is 0 Å². The maximum atomic E-state index is 10.9. The molecule has 12 heavy (non-hydrogen) atoms. The van der Waals surface area contributed by atoms with Crippen molar-refractivity contribution in [3.05, 3.63) is 0 Å². The predicted octanol–water partition coefficient (Wildman–Crippen LogP) is 2.40. The van der Waals surface area contributed by atoms with E-state index in [0.29, 0.717) is 12.3 Å². The van der Waals surface area contributed by atoms with Crippen LogP contribution in [-0.2, 0) is 4.74 Å². The molecular weight excluding hydrogens is 198 g/mol. The molecule has 0 aromatic rings. The van der Waals surface area contributed by atoms with E-state index >= 15 is 0 Å². The molecule has 0 aliphatic rings. The first-order valence-electron chi connectivity index (χ1n) is 3.66. The van der Waals surface area contributed by atoms with Crippen LogP contribution in [0.25, 0.3) is 0 Å². The van der Waals surface area contributed by atoms with Crippen molar-refractivity contribution in [1.29, 1.82) is 0 Å². The van der Waals surface area contributed by atoms with Gasteiger partial charge in [-0.25, -0.2) is 4.79 Å². The molecule has 1 amide bonds. The maximum absolute atomic E-state index is 10.9. The Kier molecular flexibility index (Phi) is 5.50. The number of carbonyl (C=O) groups is 1. The Hall–Kier alpha value is -0.0900. The van der Waals surface area contributed by atoms with E-state index < -0.39 is 11.7 Å². The van der Waals surface area contributed by atoms with Crippen molar-refractivity contribution >= 4 is 27.8 Å². The van der Waals surface area contributed by atoms with Gasteiger partial charge < -0.3 is 10.1 Å². The Labute approximate surface area is 81.7 Å². The summed E-state index contributed by atoms with van der Waals surface area (Å²) in [5.41, 5.74) is -0.432. The molecule has 0 saturated heterocycles.